The van der Waals surface area contributed by atoms with Gasteiger partial charge in [0.05, 0.1) is 0 Å². The maximum atomic E-state index is 12.5. The van der Waals surface area contributed by atoms with E-state index in [9.17, 15) is 27.6 Å². The lowest BCUT2D eigenvalue weighted by molar-refractivity contribution is -0.274. The van der Waals surface area contributed by atoms with Crippen molar-refractivity contribution in [2.45, 2.75) is 32.7 Å². The Morgan fingerprint density at radius 2 is 2.00 bits per heavy atom. The van der Waals surface area contributed by atoms with Gasteiger partial charge in [-0.3, -0.25) is 14.4 Å². The summed E-state index contributed by atoms with van der Waals surface area (Å²) in [5, 5.41) is 11.6. The van der Waals surface area contributed by atoms with Crippen molar-refractivity contribution in [2.75, 3.05) is 11.4 Å². The number of amides is 2. The molecule has 1 heterocycles. The van der Waals surface area contributed by atoms with E-state index in [-0.39, 0.29) is 18.7 Å². The van der Waals surface area contributed by atoms with E-state index in [2.05, 4.69) is 10.1 Å². The van der Waals surface area contributed by atoms with Crippen LogP contribution >= 0.6 is 0 Å². The van der Waals surface area contributed by atoms with Crippen LogP contribution in [-0.2, 0) is 14.4 Å². The highest BCUT2D eigenvalue weighted by Gasteiger charge is 2.38. The van der Waals surface area contributed by atoms with Gasteiger partial charge in [0.1, 0.15) is 17.7 Å². The quantitative estimate of drug-likeness (QED) is 0.728. The molecule has 0 bridgehead atoms. The smallest absolute Gasteiger partial charge is 0.481 e. The zero-order chi connectivity index (χ0) is 20.4. The van der Waals surface area contributed by atoms with E-state index in [0.29, 0.717) is 0 Å². The highest BCUT2D eigenvalue weighted by atomic mass is 19.4. The number of benzene rings is 1. The summed E-state index contributed by atoms with van der Waals surface area (Å²) in [5.74, 6) is -4.82. The van der Waals surface area contributed by atoms with Crippen LogP contribution in [-0.4, -0.2) is 41.8 Å². The van der Waals surface area contributed by atoms with Crippen molar-refractivity contribution >= 4 is 23.5 Å². The van der Waals surface area contributed by atoms with Crippen LogP contribution in [0.25, 0.3) is 0 Å². The molecule has 2 amide bonds. The third-order valence-electron chi connectivity index (χ3n) is 4.10. The van der Waals surface area contributed by atoms with E-state index in [1.54, 1.807) is 13.8 Å². The van der Waals surface area contributed by atoms with Crippen LogP contribution in [0.5, 0.6) is 5.75 Å². The van der Waals surface area contributed by atoms with Gasteiger partial charge < -0.3 is 20.1 Å². The van der Waals surface area contributed by atoms with Crippen molar-refractivity contribution in [1.29, 1.82) is 0 Å². The average Bonchev–Trinajstić information content (AvgIpc) is 2.86. The SMILES string of the molecule is CC(C)C(C(=O)O)C(=O)NC1CCN(c2cccc(OC(F)(F)F)c2)C1=O. The number of carbonyl (C=O) groups excluding carboxylic acids is 2. The van der Waals surface area contributed by atoms with Crippen LogP contribution in [0.15, 0.2) is 24.3 Å². The lowest BCUT2D eigenvalue weighted by Gasteiger charge is -2.20. The number of carbonyl (C=O) groups is 3. The Morgan fingerprint density at radius 1 is 1.33 bits per heavy atom. The fourth-order valence-corrected chi connectivity index (χ4v) is 2.88. The van der Waals surface area contributed by atoms with Gasteiger partial charge >= 0.3 is 12.3 Å². The van der Waals surface area contributed by atoms with Crippen molar-refractivity contribution in [3.8, 4) is 5.75 Å². The lowest BCUT2D eigenvalue weighted by atomic mass is 9.95. The Bertz CT molecular complexity index is 736. The molecule has 1 aromatic rings. The summed E-state index contributed by atoms with van der Waals surface area (Å²) in [6.45, 7) is 3.32. The van der Waals surface area contributed by atoms with Gasteiger partial charge in [-0.1, -0.05) is 19.9 Å². The molecule has 1 aliphatic heterocycles. The molecule has 1 aliphatic rings. The van der Waals surface area contributed by atoms with Crippen LogP contribution in [0.1, 0.15) is 20.3 Å². The number of rotatable bonds is 6. The van der Waals surface area contributed by atoms with Gasteiger partial charge in [0, 0.05) is 18.3 Å². The first-order chi connectivity index (χ1) is 12.5. The van der Waals surface area contributed by atoms with E-state index in [1.165, 1.54) is 17.0 Å². The fourth-order valence-electron chi connectivity index (χ4n) is 2.88. The normalized spacial score (nSPS) is 18.5. The first kappa shape index (κ1) is 20.5. The van der Waals surface area contributed by atoms with Crippen LogP contribution in [0.3, 0.4) is 0 Å². The lowest BCUT2D eigenvalue weighted by Crippen LogP contribution is -2.47. The molecular weight excluding hydrogens is 369 g/mol. The van der Waals surface area contributed by atoms with E-state index >= 15 is 0 Å². The summed E-state index contributed by atoms with van der Waals surface area (Å²) in [6.07, 6.45) is -4.65. The molecule has 1 fully saturated rings. The van der Waals surface area contributed by atoms with E-state index < -0.39 is 47.8 Å². The van der Waals surface area contributed by atoms with Crippen LogP contribution < -0.4 is 15.0 Å². The molecule has 7 nitrogen and oxygen atoms in total. The summed E-state index contributed by atoms with van der Waals surface area (Å²) >= 11 is 0. The number of hydrogen-bond acceptors (Lipinski definition) is 4. The second kappa shape index (κ2) is 7.85. The van der Waals surface area contributed by atoms with Crippen molar-refractivity contribution < 1.29 is 37.4 Å². The molecule has 2 N–H and O–H groups in total. The van der Waals surface area contributed by atoms with Crippen LogP contribution in [0.2, 0.25) is 0 Å². The number of aliphatic carboxylic acids is 1. The number of alkyl halides is 3. The van der Waals surface area contributed by atoms with Gasteiger partial charge in [0.15, 0.2) is 0 Å². The Morgan fingerprint density at radius 3 is 2.56 bits per heavy atom. The minimum atomic E-state index is -4.85. The summed E-state index contributed by atoms with van der Waals surface area (Å²) in [4.78, 5) is 37.1. The molecule has 0 saturated carbocycles. The second-order valence-corrected chi connectivity index (χ2v) is 6.44. The standard InChI is InChI=1S/C17H19F3N2O5/c1-9(2)13(16(25)26)14(23)21-12-6-7-22(15(12)24)10-4-3-5-11(8-10)27-17(18,19)20/h3-5,8-9,12-13H,6-7H2,1-2H3,(H,21,23)(H,25,26). The van der Waals surface area contributed by atoms with Gasteiger partial charge in [0.2, 0.25) is 11.8 Å². The average molecular weight is 388 g/mol. The predicted octanol–water partition coefficient (Wildman–Crippen LogP) is 2.16. The molecule has 2 unspecified atom stereocenters. The summed E-state index contributed by atoms with van der Waals surface area (Å²) in [6, 6.07) is 4.00. The Hall–Kier alpha value is -2.78. The summed E-state index contributed by atoms with van der Waals surface area (Å²) < 4.78 is 40.9. The molecule has 0 aromatic heterocycles. The number of nitrogens with one attached hydrogen (secondary N) is 1. The number of ether oxygens (including phenoxy) is 1. The van der Waals surface area contributed by atoms with E-state index in [1.807, 2.05) is 0 Å². The van der Waals surface area contributed by atoms with Gasteiger partial charge in [0.25, 0.3) is 0 Å². The fraction of sp³-hybridized carbons (Fsp3) is 0.471. The van der Waals surface area contributed by atoms with Crippen molar-refractivity contribution in [2.24, 2.45) is 11.8 Å². The highest BCUT2D eigenvalue weighted by molar-refractivity contribution is 6.04. The number of anilines is 1. The van der Waals surface area contributed by atoms with Crippen LogP contribution in [0, 0.1) is 11.8 Å². The minimum Gasteiger partial charge on any atom is -0.481 e. The molecule has 1 aromatic carbocycles. The molecule has 148 valence electrons. The van der Waals surface area contributed by atoms with Crippen molar-refractivity contribution in [1.82, 2.24) is 5.32 Å². The van der Waals surface area contributed by atoms with Gasteiger partial charge in [-0.2, -0.15) is 0 Å². The molecule has 2 atom stereocenters. The van der Waals surface area contributed by atoms with Gasteiger partial charge in [-0.05, 0) is 24.5 Å². The number of carboxylic acid groups (broad SMARTS) is 1. The van der Waals surface area contributed by atoms with Crippen LogP contribution in [0.4, 0.5) is 18.9 Å². The Labute approximate surface area is 153 Å². The van der Waals surface area contributed by atoms with Gasteiger partial charge in [-0.15, -0.1) is 13.2 Å². The van der Waals surface area contributed by atoms with Gasteiger partial charge in [-0.25, -0.2) is 0 Å². The van der Waals surface area contributed by atoms with Crippen molar-refractivity contribution in [3.05, 3.63) is 24.3 Å². The second-order valence-electron chi connectivity index (χ2n) is 6.44. The van der Waals surface area contributed by atoms with E-state index in [4.69, 9.17) is 5.11 Å². The molecular formula is C17H19F3N2O5. The largest absolute Gasteiger partial charge is 0.573 e. The van der Waals surface area contributed by atoms with E-state index in [0.717, 1.165) is 12.1 Å². The summed E-state index contributed by atoms with van der Waals surface area (Å²) in [5.41, 5.74) is 0.192. The molecule has 10 heteroatoms. The number of nitrogens with zero attached hydrogens (tertiary/aromatic N) is 1. The molecule has 0 spiro atoms. The molecule has 0 aliphatic carbocycles. The maximum absolute atomic E-state index is 12.5. The molecule has 2 rings (SSSR count). The predicted molar refractivity (Wildman–Crippen MR) is 88.0 cm³/mol. The topological polar surface area (TPSA) is 95.9 Å². The molecule has 27 heavy (non-hydrogen) atoms. The highest BCUT2D eigenvalue weighted by Crippen LogP contribution is 2.29. The maximum Gasteiger partial charge on any atom is 0.573 e. The number of carboxylic acids is 1. The minimum absolute atomic E-state index is 0.165. The first-order valence-corrected chi connectivity index (χ1v) is 8.20. The monoisotopic (exact) mass is 388 g/mol. The Kier molecular flexibility index (Phi) is 5.97. The number of hydrogen-bond donors (Lipinski definition) is 2. The number of halogens is 3. The third kappa shape index (κ3) is 5.11. The van der Waals surface area contributed by atoms with Crippen molar-refractivity contribution in [3.63, 3.8) is 0 Å². The zero-order valence-electron chi connectivity index (χ0n) is 14.6. The molecule has 0 radical (unpaired) electrons. The Balaban J connectivity index is 2.10. The third-order valence-corrected chi connectivity index (χ3v) is 4.10. The zero-order valence-corrected chi connectivity index (χ0v) is 14.6. The summed E-state index contributed by atoms with van der Waals surface area (Å²) in [7, 11) is 0. The molecule has 1 saturated heterocycles. The first-order valence-electron chi connectivity index (χ1n) is 8.20.